The maximum Gasteiger partial charge on any atom is 0.173 e. The van der Waals surface area contributed by atoms with E-state index in [1.165, 1.54) is 5.56 Å². The molecule has 0 saturated carbocycles. The maximum atomic E-state index is 12.8. The summed E-state index contributed by atoms with van der Waals surface area (Å²) in [5.41, 5.74) is 2.81. The van der Waals surface area contributed by atoms with Crippen molar-refractivity contribution >= 4 is 33.3 Å². The molecule has 4 heteroatoms. The van der Waals surface area contributed by atoms with Crippen LogP contribution in [0.15, 0.2) is 41.0 Å². The summed E-state index contributed by atoms with van der Waals surface area (Å²) < 4.78 is 0.748. The van der Waals surface area contributed by atoms with Gasteiger partial charge in [0.2, 0.25) is 0 Å². The van der Waals surface area contributed by atoms with Gasteiger partial charge in [-0.2, -0.15) is 0 Å². The molecule has 1 unspecified atom stereocenters. The van der Waals surface area contributed by atoms with Gasteiger partial charge in [-0.25, -0.2) is 0 Å². The number of hydrogen-bond acceptors (Lipinski definition) is 2. The Kier molecular flexibility index (Phi) is 3.90. The molecule has 0 spiro atoms. The van der Waals surface area contributed by atoms with Gasteiger partial charge in [-0.1, -0.05) is 17.7 Å². The molecule has 1 heterocycles. The van der Waals surface area contributed by atoms with E-state index in [1.54, 1.807) is 24.4 Å². The molecule has 0 aliphatic heterocycles. The number of nitrogens with zero attached hydrogens (tertiary/aromatic N) is 1. The molecule has 2 aromatic rings. The third kappa shape index (κ3) is 2.52. The Morgan fingerprint density at radius 3 is 3.00 bits per heavy atom. The van der Waals surface area contributed by atoms with Gasteiger partial charge in [0.1, 0.15) is 0 Å². The summed E-state index contributed by atoms with van der Waals surface area (Å²) in [7, 11) is 0. The summed E-state index contributed by atoms with van der Waals surface area (Å²) in [6, 6.07) is 9.30. The van der Waals surface area contributed by atoms with E-state index in [-0.39, 0.29) is 11.7 Å². The number of hydrogen-bond donors (Lipinski definition) is 0. The highest BCUT2D eigenvalue weighted by Crippen LogP contribution is 2.34. The van der Waals surface area contributed by atoms with Crippen molar-refractivity contribution in [3.63, 3.8) is 0 Å². The number of pyridine rings is 1. The number of benzene rings is 1. The minimum Gasteiger partial charge on any atom is -0.293 e. The molecule has 3 rings (SSSR count). The molecule has 0 N–H and O–H groups in total. The second-order valence-corrected chi connectivity index (χ2v) is 6.27. The monoisotopic (exact) mass is 349 g/mol. The Morgan fingerprint density at radius 2 is 2.20 bits per heavy atom. The summed E-state index contributed by atoms with van der Waals surface area (Å²) in [6.45, 7) is 0. The largest absolute Gasteiger partial charge is 0.293 e. The fourth-order valence-corrected chi connectivity index (χ4v) is 3.62. The van der Waals surface area contributed by atoms with E-state index in [1.807, 2.05) is 6.07 Å². The molecular formula is C16H13BrClNO. The molecule has 1 aromatic carbocycles. The zero-order valence-electron chi connectivity index (χ0n) is 10.8. The number of carbonyl (C=O) groups is 1. The number of aromatic nitrogens is 1. The van der Waals surface area contributed by atoms with Crippen LogP contribution in [0.2, 0.25) is 5.02 Å². The number of carbonyl (C=O) groups excluding carboxylic acids is 1. The van der Waals surface area contributed by atoms with Crippen molar-refractivity contribution in [1.29, 1.82) is 0 Å². The molecule has 20 heavy (non-hydrogen) atoms. The number of aryl methyl sites for hydroxylation is 1. The summed E-state index contributed by atoms with van der Waals surface area (Å²) in [6.07, 6.45) is 4.66. The Bertz CT molecular complexity index is 671. The number of Topliss-reactive ketones (excluding diaryl/α,β-unsaturated/α-hetero) is 1. The molecule has 1 aliphatic rings. The van der Waals surface area contributed by atoms with E-state index in [4.69, 9.17) is 11.6 Å². The van der Waals surface area contributed by atoms with Crippen LogP contribution in [0.4, 0.5) is 0 Å². The number of rotatable bonds is 2. The van der Waals surface area contributed by atoms with Crippen molar-refractivity contribution in [3.8, 4) is 0 Å². The summed E-state index contributed by atoms with van der Waals surface area (Å²) >= 11 is 9.36. The van der Waals surface area contributed by atoms with Gasteiger partial charge in [-0.15, -0.1) is 0 Å². The SMILES string of the molecule is O=C(c1ccc(Cl)cc1Br)C1CCCc2cccnc21. The quantitative estimate of drug-likeness (QED) is 0.728. The molecule has 0 saturated heterocycles. The fraction of sp³-hybridized carbons (Fsp3) is 0.250. The van der Waals surface area contributed by atoms with E-state index in [9.17, 15) is 4.79 Å². The summed E-state index contributed by atoms with van der Waals surface area (Å²) in [4.78, 5) is 17.2. The first-order valence-electron chi connectivity index (χ1n) is 6.60. The molecule has 2 nitrogen and oxygen atoms in total. The third-order valence-corrected chi connectivity index (χ3v) is 4.60. The molecule has 0 amide bonds. The minimum atomic E-state index is -0.141. The Morgan fingerprint density at radius 1 is 1.35 bits per heavy atom. The van der Waals surface area contributed by atoms with Crippen molar-refractivity contribution in [2.75, 3.05) is 0 Å². The molecular weight excluding hydrogens is 338 g/mol. The molecule has 0 fully saturated rings. The van der Waals surface area contributed by atoms with E-state index in [0.717, 1.165) is 29.4 Å². The van der Waals surface area contributed by atoms with Gasteiger partial charge in [0.25, 0.3) is 0 Å². The van der Waals surface area contributed by atoms with Gasteiger partial charge < -0.3 is 0 Å². The average Bonchev–Trinajstić information content (AvgIpc) is 2.46. The lowest BCUT2D eigenvalue weighted by atomic mass is 9.82. The van der Waals surface area contributed by atoms with Crippen LogP contribution in [0.5, 0.6) is 0 Å². The zero-order chi connectivity index (χ0) is 14.1. The van der Waals surface area contributed by atoms with Crippen molar-refractivity contribution in [2.45, 2.75) is 25.2 Å². The Balaban J connectivity index is 2.00. The van der Waals surface area contributed by atoms with Crippen molar-refractivity contribution in [3.05, 3.63) is 62.8 Å². The standard InChI is InChI=1S/C16H13BrClNO/c17-14-9-11(18)6-7-12(14)16(20)13-5-1-3-10-4-2-8-19-15(10)13/h2,4,6-9,13H,1,3,5H2. The maximum absolute atomic E-state index is 12.8. The lowest BCUT2D eigenvalue weighted by Gasteiger charge is -2.23. The lowest BCUT2D eigenvalue weighted by molar-refractivity contribution is 0.0948. The summed E-state index contributed by atoms with van der Waals surface area (Å²) in [5, 5.41) is 0.621. The van der Waals surface area contributed by atoms with Gasteiger partial charge >= 0.3 is 0 Å². The van der Waals surface area contributed by atoms with Crippen molar-refractivity contribution < 1.29 is 4.79 Å². The van der Waals surface area contributed by atoms with Crippen LogP contribution >= 0.6 is 27.5 Å². The predicted octanol–water partition coefficient (Wildman–Crippen LogP) is 4.80. The molecule has 1 aromatic heterocycles. The van der Waals surface area contributed by atoms with E-state index >= 15 is 0 Å². The van der Waals surface area contributed by atoms with Crippen LogP contribution in [-0.4, -0.2) is 10.8 Å². The van der Waals surface area contributed by atoms with Gasteiger partial charge in [0.15, 0.2) is 5.78 Å². The van der Waals surface area contributed by atoms with E-state index < -0.39 is 0 Å². The molecule has 0 bridgehead atoms. The molecule has 1 aliphatic carbocycles. The van der Waals surface area contributed by atoms with Crippen molar-refractivity contribution in [2.24, 2.45) is 0 Å². The first-order valence-corrected chi connectivity index (χ1v) is 7.77. The number of fused-ring (bicyclic) bond motifs is 1. The Hall–Kier alpha value is -1.19. The highest BCUT2D eigenvalue weighted by Gasteiger charge is 2.29. The van der Waals surface area contributed by atoms with Crippen molar-refractivity contribution in [1.82, 2.24) is 4.98 Å². The van der Waals surface area contributed by atoms with Crippen LogP contribution < -0.4 is 0 Å². The van der Waals surface area contributed by atoms with Gasteiger partial charge in [-0.05, 0) is 65.0 Å². The van der Waals surface area contributed by atoms with Gasteiger partial charge in [-0.3, -0.25) is 9.78 Å². The first kappa shape index (κ1) is 13.8. The van der Waals surface area contributed by atoms with Crippen LogP contribution in [0.25, 0.3) is 0 Å². The lowest BCUT2D eigenvalue weighted by Crippen LogP contribution is -2.20. The smallest absolute Gasteiger partial charge is 0.173 e. The molecule has 102 valence electrons. The zero-order valence-corrected chi connectivity index (χ0v) is 13.1. The number of ketones is 1. The second kappa shape index (κ2) is 5.66. The molecule has 1 atom stereocenters. The fourth-order valence-electron chi connectivity index (χ4n) is 2.74. The van der Waals surface area contributed by atoms with Gasteiger partial charge in [0, 0.05) is 21.3 Å². The molecule has 0 radical (unpaired) electrons. The summed E-state index contributed by atoms with van der Waals surface area (Å²) in [5.74, 6) is -0.0226. The predicted molar refractivity (Wildman–Crippen MR) is 83.4 cm³/mol. The van der Waals surface area contributed by atoms with Crippen LogP contribution in [0.3, 0.4) is 0 Å². The highest BCUT2D eigenvalue weighted by atomic mass is 79.9. The normalized spacial score (nSPS) is 17.6. The van der Waals surface area contributed by atoms with E-state index in [0.29, 0.717) is 10.6 Å². The number of halogens is 2. The van der Waals surface area contributed by atoms with Crippen LogP contribution in [0.1, 0.15) is 40.4 Å². The minimum absolute atomic E-state index is 0.119. The van der Waals surface area contributed by atoms with Crippen LogP contribution in [-0.2, 0) is 6.42 Å². The highest BCUT2D eigenvalue weighted by molar-refractivity contribution is 9.10. The average molecular weight is 351 g/mol. The van der Waals surface area contributed by atoms with Gasteiger partial charge in [0.05, 0.1) is 11.6 Å². The third-order valence-electron chi connectivity index (χ3n) is 3.71. The Labute approximate surface area is 131 Å². The van der Waals surface area contributed by atoms with Crippen LogP contribution in [0, 0.1) is 0 Å². The van der Waals surface area contributed by atoms with E-state index in [2.05, 4.69) is 27.0 Å². The first-order chi connectivity index (χ1) is 9.66. The second-order valence-electron chi connectivity index (χ2n) is 4.98. The topological polar surface area (TPSA) is 30.0 Å².